The summed E-state index contributed by atoms with van der Waals surface area (Å²) < 4.78 is 32.4. The minimum absolute atomic E-state index is 0.216. The van der Waals surface area contributed by atoms with Crippen LogP contribution in [-0.4, -0.2) is 36.0 Å². The molecule has 0 bridgehead atoms. The molecule has 0 spiro atoms. The maximum Gasteiger partial charge on any atom is 0.236 e. The van der Waals surface area contributed by atoms with Crippen LogP contribution in [0.25, 0.3) is 6.08 Å². The predicted molar refractivity (Wildman–Crippen MR) is 103 cm³/mol. The van der Waals surface area contributed by atoms with Crippen molar-refractivity contribution in [1.29, 1.82) is 0 Å². The lowest BCUT2D eigenvalue weighted by Crippen LogP contribution is -2.39. The first-order valence-corrected chi connectivity index (χ1v) is 11.1. The number of aryl methyl sites for hydroxylation is 1. The summed E-state index contributed by atoms with van der Waals surface area (Å²) in [4.78, 5) is 4.48. The Hall–Kier alpha value is -1.99. The number of aromatic nitrogens is 2. The van der Waals surface area contributed by atoms with Gasteiger partial charge in [-0.1, -0.05) is 35.0 Å². The Morgan fingerprint density at radius 2 is 2.00 bits per heavy atom. The smallest absolute Gasteiger partial charge is 0.236 e. The quantitative estimate of drug-likeness (QED) is 0.758. The Balaban J connectivity index is 1.39. The van der Waals surface area contributed by atoms with Crippen molar-refractivity contribution < 1.29 is 12.9 Å². The molecule has 2 aliphatic rings. The molecular weight excluding hydrogens is 362 g/mol. The Labute approximate surface area is 160 Å². The van der Waals surface area contributed by atoms with Gasteiger partial charge in [-0.25, -0.2) is 8.42 Å². The van der Waals surface area contributed by atoms with Crippen molar-refractivity contribution in [2.24, 2.45) is 5.92 Å². The average molecular weight is 388 g/mol. The summed E-state index contributed by atoms with van der Waals surface area (Å²) in [6, 6.07) is 7.80. The van der Waals surface area contributed by atoms with Gasteiger partial charge in [0, 0.05) is 30.8 Å². The van der Waals surface area contributed by atoms with E-state index < -0.39 is 10.0 Å². The van der Waals surface area contributed by atoms with Gasteiger partial charge in [0.05, 0.1) is 0 Å². The second-order valence-electron chi connectivity index (χ2n) is 7.65. The van der Waals surface area contributed by atoms with E-state index >= 15 is 0 Å². The summed E-state index contributed by atoms with van der Waals surface area (Å²) in [6.07, 6.45) is 6.43. The highest BCUT2D eigenvalue weighted by molar-refractivity contribution is 7.92. The zero-order chi connectivity index (χ0) is 18.9. The molecule has 1 aromatic heterocycles. The first-order valence-electron chi connectivity index (χ1n) is 9.57. The molecule has 1 aromatic carbocycles. The number of nitrogens with zero attached hydrogens (tertiary/aromatic N) is 3. The minimum atomic E-state index is -3.43. The van der Waals surface area contributed by atoms with E-state index in [-0.39, 0.29) is 5.92 Å². The molecule has 144 valence electrons. The van der Waals surface area contributed by atoms with E-state index in [0.717, 1.165) is 42.6 Å². The molecule has 1 saturated heterocycles. The van der Waals surface area contributed by atoms with Crippen LogP contribution >= 0.6 is 0 Å². The van der Waals surface area contributed by atoms with Crippen molar-refractivity contribution in [3.8, 4) is 0 Å². The molecule has 1 aliphatic heterocycles. The molecule has 0 amide bonds. The predicted octanol–water partition coefficient (Wildman–Crippen LogP) is 3.51. The molecule has 1 atom stereocenters. The highest BCUT2D eigenvalue weighted by Gasteiger charge is 2.31. The van der Waals surface area contributed by atoms with E-state index in [1.165, 1.54) is 5.41 Å². The van der Waals surface area contributed by atoms with Gasteiger partial charge in [0.15, 0.2) is 5.82 Å². The summed E-state index contributed by atoms with van der Waals surface area (Å²) in [7, 11) is -3.43. The third kappa shape index (κ3) is 4.65. The minimum Gasteiger partial charge on any atom is -0.339 e. The zero-order valence-corrected chi connectivity index (χ0v) is 16.4. The standard InChI is InChI=1S/C20H25N3O3S/c1-15-4-6-16(7-5-15)10-12-27(24,25)23-11-2-3-17(14-23)13-19-21-20(22-26-19)18-8-9-18/h4-7,10,12,17-18H,2-3,8-9,11,13-14H2,1H3/b12-10+. The van der Waals surface area contributed by atoms with Gasteiger partial charge in [-0.05, 0) is 50.2 Å². The van der Waals surface area contributed by atoms with Crippen LogP contribution in [0, 0.1) is 12.8 Å². The van der Waals surface area contributed by atoms with E-state index in [2.05, 4.69) is 10.1 Å². The van der Waals surface area contributed by atoms with Gasteiger partial charge in [0.1, 0.15) is 0 Å². The molecule has 0 N–H and O–H groups in total. The monoisotopic (exact) mass is 387 g/mol. The molecule has 1 aliphatic carbocycles. The van der Waals surface area contributed by atoms with Crippen LogP contribution < -0.4 is 0 Å². The van der Waals surface area contributed by atoms with E-state index in [1.807, 2.05) is 31.2 Å². The highest BCUT2D eigenvalue weighted by atomic mass is 32.2. The third-order valence-corrected chi connectivity index (χ3v) is 6.77. The molecule has 2 fully saturated rings. The van der Waals surface area contributed by atoms with Crippen molar-refractivity contribution in [2.45, 2.75) is 44.9 Å². The van der Waals surface area contributed by atoms with Crippen molar-refractivity contribution in [2.75, 3.05) is 13.1 Å². The topological polar surface area (TPSA) is 76.3 Å². The summed E-state index contributed by atoms with van der Waals surface area (Å²) in [5.41, 5.74) is 2.04. The number of hydrogen-bond donors (Lipinski definition) is 0. The molecule has 1 saturated carbocycles. The van der Waals surface area contributed by atoms with Crippen LogP contribution in [0.1, 0.15) is 54.4 Å². The summed E-state index contributed by atoms with van der Waals surface area (Å²) in [5.74, 6) is 2.13. The van der Waals surface area contributed by atoms with E-state index in [1.54, 1.807) is 10.4 Å². The molecule has 6 nitrogen and oxygen atoms in total. The zero-order valence-electron chi connectivity index (χ0n) is 15.5. The molecule has 4 rings (SSSR count). The Morgan fingerprint density at radius 3 is 2.74 bits per heavy atom. The first kappa shape index (κ1) is 18.4. The van der Waals surface area contributed by atoms with Gasteiger partial charge in [-0.3, -0.25) is 0 Å². The molecule has 1 unspecified atom stereocenters. The summed E-state index contributed by atoms with van der Waals surface area (Å²) in [6.45, 7) is 3.07. The average Bonchev–Trinajstić information content (AvgIpc) is 3.41. The largest absolute Gasteiger partial charge is 0.339 e. The van der Waals surface area contributed by atoms with Gasteiger partial charge in [-0.2, -0.15) is 9.29 Å². The molecule has 27 heavy (non-hydrogen) atoms. The van der Waals surface area contributed by atoms with E-state index in [0.29, 0.717) is 31.3 Å². The lowest BCUT2D eigenvalue weighted by molar-refractivity contribution is 0.248. The fraction of sp³-hybridized carbons (Fsp3) is 0.500. The van der Waals surface area contributed by atoms with Gasteiger partial charge < -0.3 is 4.52 Å². The SMILES string of the molecule is Cc1ccc(/C=C/S(=O)(=O)N2CCCC(Cc3nc(C4CC4)no3)C2)cc1. The maximum absolute atomic E-state index is 12.7. The third-order valence-electron chi connectivity index (χ3n) is 5.24. The summed E-state index contributed by atoms with van der Waals surface area (Å²) >= 11 is 0. The van der Waals surface area contributed by atoms with Crippen molar-refractivity contribution >= 4 is 16.1 Å². The highest BCUT2D eigenvalue weighted by Crippen LogP contribution is 2.38. The van der Waals surface area contributed by atoms with Gasteiger partial charge in [0.25, 0.3) is 0 Å². The van der Waals surface area contributed by atoms with Gasteiger partial charge >= 0.3 is 0 Å². The van der Waals surface area contributed by atoms with Crippen LogP contribution in [-0.2, 0) is 16.4 Å². The van der Waals surface area contributed by atoms with Crippen LogP contribution in [0.3, 0.4) is 0 Å². The number of hydrogen-bond acceptors (Lipinski definition) is 5. The van der Waals surface area contributed by atoms with E-state index in [9.17, 15) is 8.42 Å². The van der Waals surface area contributed by atoms with Crippen LogP contribution in [0.4, 0.5) is 0 Å². The Bertz CT molecular complexity index is 914. The summed E-state index contributed by atoms with van der Waals surface area (Å²) in [5, 5.41) is 5.37. The number of piperidine rings is 1. The molecular formula is C20H25N3O3S. The molecule has 2 heterocycles. The maximum atomic E-state index is 12.7. The Morgan fingerprint density at radius 1 is 1.22 bits per heavy atom. The second kappa shape index (κ2) is 7.56. The van der Waals surface area contributed by atoms with Crippen molar-refractivity contribution in [3.63, 3.8) is 0 Å². The second-order valence-corrected chi connectivity index (χ2v) is 9.47. The van der Waals surface area contributed by atoms with Crippen molar-refractivity contribution in [3.05, 3.63) is 52.5 Å². The van der Waals surface area contributed by atoms with Gasteiger partial charge in [0.2, 0.25) is 15.9 Å². The van der Waals surface area contributed by atoms with E-state index in [4.69, 9.17) is 4.52 Å². The molecule has 0 radical (unpaired) electrons. The fourth-order valence-corrected chi connectivity index (χ4v) is 4.76. The lowest BCUT2D eigenvalue weighted by Gasteiger charge is -2.30. The molecule has 7 heteroatoms. The number of benzene rings is 1. The normalized spacial score (nSPS) is 21.7. The van der Waals surface area contributed by atoms with Crippen LogP contribution in [0.2, 0.25) is 0 Å². The Kier molecular flexibility index (Phi) is 5.14. The number of rotatable bonds is 6. The van der Waals surface area contributed by atoms with Crippen LogP contribution in [0.5, 0.6) is 0 Å². The van der Waals surface area contributed by atoms with Crippen molar-refractivity contribution in [1.82, 2.24) is 14.4 Å². The molecule has 2 aromatic rings. The lowest BCUT2D eigenvalue weighted by atomic mass is 9.96. The fourth-order valence-electron chi connectivity index (χ4n) is 3.46. The first-order chi connectivity index (χ1) is 13.0. The van der Waals surface area contributed by atoms with Gasteiger partial charge in [-0.15, -0.1) is 0 Å². The van der Waals surface area contributed by atoms with Crippen LogP contribution in [0.15, 0.2) is 34.2 Å². The number of sulfonamides is 1.